The third kappa shape index (κ3) is 4.20. The topological polar surface area (TPSA) is 57.5 Å². The molecule has 0 saturated heterocycles. The predicted octanol–water partition coefficient (Wildman–Crippen LogP) is 1.66. The molecule has 0 aliphatic heterocycles. The van der Waals surface area contributed by atoms with Crippen LogP contribution in [-0.2, 0) is 4.79 Å². The minimum absolute atomic E-state index is 0.431. The van der Waals surface area contributed by atoms with Gasteiger partial charge < -0.3 is 10.2 Å². The van der Waals surface area contributed by atoms with Crippen molar-refractivity contribution in [3.05, 3.63) is 0 Å². The molecular weight excluding hydrogens is 180 g/mol. The molecule has 0 radical (unpaired) electrons. The van der Waals surface area contributed by atoms with Gasteiger partial charge in [-0.25, -0.2) is 0 Å². The Morgan fingerprint density at radius 2 is 1.57 bits per heavy atom. The Kier molecular flexibility index (Phi) is 6.75. The van der Waals surface area contributed by atoms with Crippen molar-refractivity contribution in [1.82, 2.24) is 0 Å². The van der Waals surface area contributed by atoms with Crippen LogP contribution in [0.2, 0.25) is 0 Å². The summed E-state index contributed by atoms with van der Waals surface area (Å²) in [5.74, 6) is -0.431. The summed E-state index contributed by atoms with van der Waals surface area (Å²) in [5, 5.41) is 18.8. The van der Waals surface area contributed by atoms with E-state index in [4.69, 9.17) is 5.11 Å². The van der Waals surface area contributed by atoms with Crippen LogP contribution in [0.25, 0.3) is 0 Å². The van der Waals surface area contributed by atoms with E-state index in [1.807, 2.05) is 13.8 Å². The highest BCUT2D eigenvalue weighted by Gasteiger charge is 2.33. The molecule has 0 rings (SSSR count). The van der Waals surface area contributed by atoms with Crippen LogP contribution in [0.3, 0.4) is 0 Å². The van der Waals surface area contributed by atoms with Crippen molar-refractivity contribution in [2.45, 2.75) is 58.0 Å². The summed E-state index contributed by atoms with van der Waals surface area (Å²) < 4.78 is 0. The molecule has 0 unspecified atom stereocenters. The number of hydrogen-bond acceptors (Lipinski definition) is 3. The first-order valence-corrected chi connectivity index (χ1v) is 5.47. The fourth-order valence-electron chi connectivity index (χ4n) is 1.49. The quantitative estimate of drug-likeness (QED) is 0.629. The van der Waals surface area contributed by atoms with Crippen molar-refractivity contribution in [2.75, 3.05) is 6.61 Å². The second kappa shape index (κ2) is 6.96. The van der Waals surface area contributed by atoms with Gasteiger partial charge in [0.2, 0.25) is 0 Å². The van der Waals surface area contributed by atoms with Gasteiger partial charge in [-0.3, -0.25) is 4.79 Å². The fourth-order valence-corrected chi connectivity index (χ4v) is 1.49. The predicted molar refractivity (Wildman–Crippen MR) is 56.1 cm³/mol. The van der Waals surface area contributed by atoms with Crippen molar-refractivity contribution < 1.29 is 15.0 Å². The SMILES string of the molecule is CCCCC(O)(CCCC)C(=O)CO. The summed E-state index contributed by atoms with van der Waals surface area (Å²) in [6, 6.07) is 0. The van der Waals surface area contributed by atoms with Crippen LogP contribution in [0.1, 0.15) is 52.4 Å². The maximum absolute atomic E-state index is 11.3. The number of aliphatic hydroxyl groups excluding tert-OH is 1. The second-order valence-electron chi connectivity index (χ2n) is 3.82. The molecule has 0 bridgehead atoms. The van der Waals surface area contributed by atoms with Crippen LogP contribution in [0.5, 0.6) is 0 Å². The van der Waals surface area contributed by atoms with Crippen LogP contribution < -0.4 is 0 Å². The largest absolute Gasteiger partial charge is 0.388 e. The van der Waals surface area contributed by atoms with Gasteiger partial charge in [-0.1, -0.05) is 39.5 Å². The zero-order valence-electron chi connectivity index (χ0n) is 9.25. The van der Waals surface area contributed by atoms with Gasteiger partial charge in [-0.05, 0) is 12.8 Å². The van der Waals surface area contributed by atoms with Gasteiger partial charge >= 0.3 is 0 Å². The zero-order valence-corrected chi connectivity index (χ0v) is 9.25. The van der Waals surface area contributed by atoms with Gasteiger partial charge in [0.15, 0.2) is 5.78 Å². The lowest BCUT2D eigenvalue weighted by molar-refractivity contribution is -0.142. The van der Waals surface area contributed by atoms with E-state index < -0.39 is 18.0 Å². The molecule has 0 aromatic heterocycles. The summed E-state index contributed by atoms with van der Waals surface area (Å²) in [6.07, 6.45) is 4.50. The molecule has 0 atom stereocenters. The van der Waals surface area contributed by atoms with Crippen molar-refractivity contribution in [3.8, 4) is 0 Å². The van der Waals surface area contributed by atoms with Gasteiger partial charge in [-0.2, -0.15) is 0 Å². The van der Waals surface area contributed by atoms with Gasteiger partial charge in [0.25, 0.3) is 0 Å². The molecule has 0 heterocycles. The number of ketones is 1. The molecule has 14 heavy (non-hydrogen) atoms. The first kappa shape index (κ1) is 13.6. The highest BCUT2D eigenvalue weighted by Crippen LogP contribution is 2.22. The molecule has 0 aromatic rings. The summed E-state index contributed by atoms with van der Waals surface area (Å²) in [5.41, 5.74) is -1.28. The summed E-state index contributed by atoms with van der Waals surface area (Å²) in [6.45, 7) is 3.48. The van der Waals surface area contributed by atoms with Crippen molar-refractivity contribution in [2.24, 2.45) is 0 Å². The standard InChI is InChI=1S/C11H22O3/c1-3-5-7-11(14,8-6-4-2)10(13)9-12/h12,14H,3-9H2,1-2H3. The van der Waals surface area contributed by atoms with E-state index in [0.717, 1.165) is 25.7 Å². The van der Waals surface area contributed by atoms with E-state index in [1.165, 1.54) is 0 Å². The van der Waals surface area contributed by atoms with Gasteiger partial charge in [-0.15, -0.1) is 0 Å². The highest BCUT2D eigenvalue weighted by atomic mass is 16.3. The number of hydrogen-bond donors (Lipinski definition) is 2. The van der Waals surface area contributed by atoms with Crippen LogP contribution in [0, 0.1) is 0 Å². The van der Waals surface area contributed by atoms with Crippen LogP contribution in [0.15, 0.2) is 0 Å². The number of unbranched alkanes of at least 4 members (excludes halogenated alkanes) is 2. The molecule has 3 heteroatoms. The molecule has 84 valence electrons. The summed E-state index contributed by atoms with van der Waals surface area (Å²) >= 11 is 0. The molecular formula is C11H22O3. The lowest BCUT2D eigenvalue weighted by Gasteiger charge is -2.25. The summed E-state index contributed by atoms with van der Waals surface area (Å²) in [7, 11) is 0. The molecule has 0 spiro atoms. The number of Topliss-reactive ketones (excluding diaryl/α,β-unsaturated/α-hetero) is 1. The second-order valence-corrected chi connectivity index (χ2v) is 3.82. The first-order valence-electron chi connectivity index (χ1n) is 5.47. The van der Waals surface area contributed by atoms with Crippen LogP contribution in [-0.4, -0.2) is 28.2 Å². The normalized spacial score (nSPS) is 11.7. The van der Waals surface area contributed by atoms with Crippen LogP contribution in [0.4, 0.5) is 0 Å². The number of carbonyl (C=O) groups excluding carboxylic acids is 1. The van der Waals surface area contributed by atoms with Gasteiger partial charge in [0.05, 0.1) is 0 Å². The Morgan fingerprint density at radius 3 is 1.86 bits per heavy atom. The molecule has 0 amide bonds. The minimum Gasteiger partial charge on any atom is -0.388 e. The van der Waals surface area contributed by atoms with Gasteiger partial charge in [0, 0.05) is 0 Å². The van der Waals surface area contributed by atoms with Crippen molar-refractivity contribution >= 4 is 5.78 Å². The molecule has 0 saturated carbocycles. The molecule has 3 nitrogen and oxygen atoms in total. The molecule has 0 fully saturated rings. The molecule has 0 aliphatic carbocycles. The number of rotatable bonds is 8. The smallest absolute Gasteiger partial charge is 0.189 e. The minimum atomic E-state index is -1.28. The van der Waals surface area contributed by atoms with Crippen molar-refractivity contribution in [3.63, 3.8) is 0 Å². The fraction of sp³-hybridized carbons (Fsp3) is 0.909. The van der Waals surface area contributed by atoms with E-state index in [9.17, 15) is 9.90 Å². The van der Waals surface area contributed by atoms with E-state index in [1.54, 1.807) is 0 Å². The summed E-state index contributed by atoms with van der Waals surface area (Å²) in [4.78, 5) is 11.3. The molecule has 2 N–H and O–H groups in total. The van der Waals surface area contributed by atoms with E-state index >= 15 is 0 Å². The molecule has 0 aromatic carbocycles. The Morgan fingerprint density at radius 1 is 1.14 bits per heavy atom. The van der Waals surface area contributed by atoms with Crippen molar-refractivity contribution in [1.29, 1.82) is 0 Å². The maximum atomic E-state index is 11.3. The average molecular weight is 202 g/mol. The first-order chi connectivity index (χ1) is 6.60. The third-order valence-electron chi connectivity index (χ3n) is 2.55. The van der Waals surface area contributed by atoms with E-state index in [2.05, 4.69) is 0 Å². The lowest BCUT2D eigenvalue weighted by atomic mass is 9.87. The monoisotopic (exact) mass is 202 g/mol. The van der Waals surface area contributed by atoms with Crippen LogP contribution >= 0.6 is 0 Å². The number of aliphatic hydroxyl groups is 2. The Hall–Kier alpha value is -0.410. The Bertz CT molecular complexity index is 158. The lowest BCUT2D eigenvalue weighted by Crippen LogP contribution is -2.40. The molecule has 0 aliphatic rings. The third-order valence-corrected chi connectivity index (χ3v) is 2.55. The Balaban J connectivity index is 4.24. The zero-order chi connectivity index (χ0) is 11.0. The van der Waals surface area contributed by atoms with Gasteiger partial charge in [0.1, 0.15) is 12.2 Å². The average Bonchev–Trinajstić information content (AvgIpc) is 2.22. The van der Waals surface area contributed by atoms with E-state index in [-0.39, 0.29) is 0 Å². The highest BCUT2D eigenvalue weighted by molar-refractivity contribution is 5.87. The number of carbonyl (C=O) groups is 1. The maximum Gasteiger partial charge on any atom is 0.189 e. The Labute approximate surface area is 86.1 Å². The van der Waals surface area contributed by atoms with E-state index in [0.29, 0.717) is 12.8 Å².